The van der Waals surface area contributed by atoms with Crippen LogP contribution in [0, 0.1) is 12.8 Å². The Kier molecular flexibility index (Phi) is 3.99. The topological polar surface area (TPSA) is 63.2 Å². The Morgan fingerprint density at radius 1 is 1.56 bits per heavy atom. The van der Waals surface area contributed by atoms with E-state index in [0.717, 1.165) is 23.7 Å². The van der Waals surface area contributed by atoms with Gasteiger partial charge in [0.25, 0.3) is 15.0 Å². The molecule has 0 unspecified atom stereocenters. The van der Waals surface area contributed by atoms with Gasteiger partial charge in [-0.1, -0.05) is 12.8 Å². The fraction of sp³-hybridized carbons (Fsp3) is 0.545. The van der Waals surface area contributed by atoms with Gasteiger partial charge in [-0.05, 0) is 24.8 Å². The number of carbonyl (C=O) groups is 1. The lowest BCUT2D eigenvalue weighted by atomic mass is 10.2. The van der Waals surface area contributed by atoms with Crippen molar-refractivity contribution >= 4 is 37.0 Å². The maximum atomic E-state index is 11.9. The van der Waals surface area contributed by atoms with Gasteiger partial charge in [-0.2, -0.15) is 0 Å². The summed E-state index contributed by atoms with van der Waals surface area (Å²) in [6.45, 7) is 2.24. The van der Waals surface area contributed by atoms with E-state index in [4.69, 9.17) is 10.7 Å². The van der Waals surface area contributed by atoms with Crippen molar-refractivity contribution < 1.29 is 13.2 Å². The zero-order valence-corrected chi connectivity index (χ0v) is 12.3. The van der Waals surface area contributed by atoms with E-state index in [0.29, 0.717) is 17.7 Å². The molecule has 2 rings (SSSR count). The van der Waals surface area contributed by atoms with E-state index in [1.165, 1.54) is 18.2 Å². The van der Waals surface area contributed by atoms with Gasteiger partial charge in [0.05, 0.1) is 5.56 Å². The average Bonchev–Trinajstić information content (AvgIpc) is 2.98. The second kappa shape index (κ2) is 5.19. The summed E-state index contributed by atoms with van der Waals surface area (Å²) in [7, 11) is 1.53. The molecule has 1 amide bonds. The van der Waals surface area contributed by atoms with Crippen LogP contribution in [0.15, 0.2) is 9.59 Å². The van der Waals surface area contributed by atoms with E-state index in [9.17, 15) is 13.2 Å². The Bertz CT molecular complexity index is 561. The van der Waals surface area contributed by atoms with E-state index >= 15 is 0 Å². The molecule has 4 nitrogen and oxygen atoms in total. The highest BCUT2D eigenvalue weighted by atomic mass is 35.7. The molecule has 0 spiro atoms. The number of thiophene rings is 1. The molecule has 18 heavy (non-hydrogen) atoms. The van der Waals surface area contributed by atoms with E-state index in [1.807, 2.05) is 0 Å². The Morgan fingerprint density at radius 3 is 2.72 bits per heavy atom. The average molecular weight is 308 g/mol. The summed E-state index contributed by atoms with van der Waals surface area (Å²) < 4.78 is 22.5. The zero-order valence-electron chi connectivity index (χ0n) is 9.90. The van der Waals surface area contributed by atoms with Crippen molar-refractivity contribution in [1.82, 2.24) is 5.32 Å². The first-order chi connectivity index (χ1) is 8.39. The van der Waals surface area contributed by atoms with Crippen molar-refractivity contribution in [3.8, 4) is 0 Å². The number of nitrogens with one attached hydrogen (secondary N) is 1. The van der Waals surface area contributed by atoms with Gasteiger partial charge in [-0.15, -0.1) is 11.3 Å². The molecule has 1 fully saturated rings. The van der Waals surface area contributed by atoms with Crippen LogP contribution in [0.1, 0.15) is 35.2 Å². The van der Waals surface area contributed by atoms with Gasteiger partial charge in [-0.25, -0.2) is 8.42 Å². The lowest BCUT2D eigenvalue weighted by Crippen LogP contribution is -2.25. The first-order valence-electron chi connectivity index (χ1n) is 5.70. The van der Waals surface area contributed by atoms with Gasteiger partial charge in [0.1, 0.15) is 4.21 Å². The minimum absolute atomic E-state index is 0.0523. The fourth-order valence-electron chi connectivity index (χ4n) is 1.75. The molecule has 7 heteroatoms. The maximum absolute atomic E-state index is 11.9. The molecule has 1 aliphatic carbocycles. The fourth-order valence-corrected chi connectivity index (χ4v) is 4.30. The smallest absolute Gasteiger partial charge is 0.271 e. The Labute approximate surface area is 115 Å². The quantitative estimate of drug-likeness (QED) is 0.850. The van der Waals surface area contributed by atoms with Gasteiger partial charge < -0.3 is 5.32 Å². The molecule has 0 aliphatic heterocycles. The van der Waals surface area contributed by atoms with Gasteiger partial charge in [0.15, 0.2) is 0 Å². The molecule has 0 atom stereocenters. The lowest BCUT2D eigenvalue weighted by molar-refractivity contribution is 0.0952. The van der Waals surface area contributed by atoms with Crippen LogP contribution >= 0.6 is 22.0 Å². The SMILES string of the molecule is Cc1c(C(=O)NCCC2CC2)csc1S(=O)(=O)Cl. The summed E-state index contributed by atoms with van der Waals surface area (Å²) in [4.78, 5) is 11.9. The minimum atomic E-state index is -3.76. The predicted molar refractivity (Wildman–Crippen MR) is 71.8 cm³/mol. The van der Waals surface area contributed by atoms with Crippen LogP contribution in [0.3, 0.4) is 0 Å². The van der Waals surface area contributed by atoms with Crippen molar-refractivity contribution in [2.24, 2.45) is 5.92 Å². The molecule has 1 N–H and O–H groups in total. The third kappa shape index (κ3) is 3.24. The van der Waals surface area contributed by atoms with Gasteiger partial charge >= 0.3 is 0 Å². The van der Waals surface area contributed by atoms with E-state index in [2.05, 4.69) is 5.32 Å². The first-order valence-corrected chi connectivity index (χ1v) is 8.89. The van der Waals surface area contributed by atoms with E-state index < -0.39 is 9.05 Å². The number of carbonyl (C=O) groups excluding carboxylic acids is 1. The number of halogens is 1. The highest BCUT2D eigenvalue weighted by molar-refractivity contribution is 8.15. The summed E-state index contributed by atoms with van der Waals surface area (Å²) in [6.07, 6.45) is 3.50. The molecule has 0 saturated heterocycles. The zero-order chi connectivity index (χ0) is 13.3. The number of hydrogen-bond acceptors (Lipinski definition) is 4. The Hall–Kier alpha value is -0.590. The van der Waals surface area contributed by atoms with E-state index in [-0.39, 0.29) is 10.1 Å². The predicted octanol–water partition coefficient (Wildman–Crippen LogP) is 2.51. The van der Waals surface area contributed by atoms with Crippen LogP contribution in [-0.2, 0) is 9.05 Å². The second-order valence-corrected chi connectivity index (χ2v) is 8.13. The molecule has 0 radical (unpaired) electrons. The largest absolute Gasteiger partial charge is 0.352 e. The molecule has 1 aromatic heterocycles. The second-order valence-electron chi connectivity index (χ2n) is 4.49. The van der Waals surface area contributed by atoms with Crippen LogP contribution in [0.2, 0.25) is 0 Å². The van der Waals surface area contributed by atoms with Crippen LogP contribution in [-0.4, -0.2) is 20.9 Å². The molecule has 1 saturated carbocycles. The maximum Gasteiger partial charge on any atom is 0.271 e. The molecule has 0 bridgehead atoms. The Morgan fingerprint density at radius 2 is 2.22 bits per heavy atom. The van der Waals surface area contributed by atoms with Gasteiger partial charge in [0.2, 0.25) is 0 Å². The van der Waals surface area contributed by atoms with Crippen LogP contribution in [0.4, 0.5) is 0 Å². The highest BCUT2D eigenvalue weighted by Crippen LogP contribution is 2.32. The summed E-state index contributed by atoms with van der Waals surface area (Å²) >= 11 is 0.983. The molecule has 100 valence electrons. The molecule has 1 aliphatic rings. The van der Waals surface area contributed by atoms with Crippen LogP contribution in [0.5, 0.6) is 0 Å². The van der Waals surface area contributed by atoms with Crippen molar-refractivity contribution in [2.45, 2.75) is 30.4 Å². The number of amides is 1. The monoisotopic (exact) mass is 307 g/mol. The molecule has 1 heterocycles. The summed E-state index contributed by atoms with van der Waals surface area (Å²) in [5.41, 5.74) is 0.828. The molecule has 0 aromatic carbocycles. The molecular weight excluding hydrogens is 294 g/mol. The summed E-state index contributed by atoms with van der Waals surface area (Å²) in [6, 6.07) is 0. The highest BCUT2D eigenvalue weighted by Gasteiger charge is 2.23. The van der Waals surface area contributed by atoms with Crippen LogP contribution in [0.25, 0.3) is 0 Å². The normalized spacial score (nSPS) is 15.7. The van der Waals surface area contributed by atoms with E-state index in [1.54, 1.807) is 6.92 Å². The van der Waals surface area contributed by atoms with Crippen LogP contribution < -0.4 is 5.32 Å². The van der Waals surface area contributed by atoms with Gasteiger partial charge in [0, 0.05) is 22.6 Å². The van der Waals surface area contributed by atoms with Crippen molar-refractivity contribution in [2.75, 3.05) is 6.54 Å². The molecule has 1 aromatic rings. The van der Waals surface area contributed by atoms with Crippen molar-refractivity contribution in [1.29, 1.82) is 0 Å². The lowest BCUT2D eigenvalue weighted by Gasteiger charge is -2.04. The van der Waals surface area contributed by atoms with Crippen molar-refractivity contribution in [3.05, 3.63) is 16.5 Å². The number of hydrogen-bond donors (Lipinski definition) is 1. The third-order valence-electron chi connectivity index (χ3n) is 3.00. The van der Waals surface area contributed by atoms with Gasteiger partial charge in [-0.3, -0.25) is 4.79 Å². The Balaban J connectivity index is 2.03. The first kappa shape index (κ1) is 13.8. The number of rotatable bonds is 5. The standard InChI is InChI=1S/C11H14ClNO3S2/c1-7-9(6-17-11(7)18(12,15)16)10(14)13-5-4-8-2-3-8/h6,8H,2-5H2,1H3,(H,13,14). The van der Waals surface area contributed by atoms with Crippen molar-refractivity contribution in [3.63, 3.8) is 0 Å². The summed E-state index contributed by atoms with van der Waals surface area (Å²) in [5, 5.41) is 4.34. The minimum Gasteiger partial charge on any atom is -0.352 e. The third-order valence-corrected chi connectivity index (χ3v) is 6.30. The summed E-state index contributed by atoms with van der Waals surface area (Å²) in [5.74, 6) is 0.531. The molecular formula is C11H14ClNO3S2.